The number of amides is 1. The van der Waals surface area contributed by atoms with Crippen LogP contribution in [0.25, 0.3) is 11.0 Å². The lowest BCUT2D eigenvalue weighted by Crippen LogP contribution is -2.22. The van der Waals surface area contributed by atoms with Crippen molar-refractivity contribution in [3.63, 3.8) is 0 Å². The van der Waals surface area contributed by atoms with Gasteiger partial charge in [0.15, 0.2) is 6.61 Å². The summed E-state index contributed by atoms with van der Waals surface area (Å²) in [6, 6.07) is 12.6. The van der Waals surface area contributed by atoms with Crippen LogP contribution in [0.5, 0.6) is 0 Å². The Hall–Kier alpha value is -3.24. The number of hydrogen-bond donors (Lipinski definition) is 2. The molecule has 0 saturated heterocycles. The maximum atomic E-state index is 11.9. The Morgan fingerprint density at radius 2 is 1.81 bits per heavy atom. The molecule has 9 nitrogen and oxygen atoms in total. The molecule has 3 aromatic rings. The van der Waals surface area contributed by atoms with Crippen molar-refractivity contribution < 1.29 is 22.7 Å². The highest BCUT2D eigenvalue weighted by atomic mass is 32.2. The quantitative estimate of drug-likeness (QED) is 0.602. The Balaban J connectivity index is 1.52. The van der Waals surface area contributed by atoms with Crippen LogP contribution in [-0.2, 0) is 30.9 Å². The predicted octanol–water partition coefficient (Wildman–Crippen LogP) is 0.866. The summed E-state index contributed by atoms with van der Waals surface area (Å²) >= 11 is 0. The number of aromatic nitrogens is 2. The Bertz CT molecular complexity index is 1090. The largest absolute Gasteiger partial charge is 0.454 e. The summed E-state index contributed by atoms with van der Waals surface area (Å²) < 4.78 is 29.0. The number of nitrogens with one attached hydrogen (secondary N) is 1. The van der Waals surface area contributed by atoms with Crippen LogP contribution in [0.4, 0.5) is 5.69 Å². The fraction of sp³-hybridized carbons (Fsp3) is 0.118. The molecule has 27 heavy (non-hydrogen) atoms. The monoisotopic (exact) mass is 388 g/mol. The zero-order valence-corrected chi connectivity index (χ0v) is 14.8. The van der Waals surface area contributed by atoms with Crippen molar-refractivity contribution in [2.45, 2.75) is 11.4 Å². The summed E-state index contributed by atoms with van der Waals surface area (Å²) in [4.78, 5) is 27.9. The minimum absolute atomic E-state index is 0.0699. The van der Waals surface area contributed by atoms with E-state index in [1.165, 1.54) is 30.6 Å². The third kappa shape index (κ3) is 4.68. The van der Waals surface area contributed by atoms with Gasteiger partial charge in [0, 0.05) is 5.69 Å². The van der Waals surface area contributed by atoms with Crippen molar-refractivity contribution in [3.05, 3.63) is 54.9 Å². The molecule has 0 aliphatic carbocycles. The van der Waals surface area contributed by atoms with E-state index in [2.05, 4.69) is 10.3 Å². The summed E-state index contributed by atoms with van der Waals surface area (Å²) in [5.41, 5.74) is 1.89. The fourth-order valence-electron chi connectivity index (χ4n) is 2.39. The lowest BCUT2D eigenvalue weighted by molar-refractivity contribution is -0.147. The zero-order valence-electron chi connectivity index (χ0n) is 14.0. The topological polar surface area (TPSA) is 133 Å². The van der Waals surface area contributed by atoms with Gasteiger partial charge >= 0.3 is 5.97 Å². The van der Waals surface area contributed by atoms with Crippen LogP contribution < -0.4 is 10.5 Å². The van der Waals surface area contributed by atoms with Crippen LogP contribution in [0.15, 0.2) is 59.8 Å². The normalized spacial score (nSPS) is 11.3. The zero-order chi connectivity index (χ0) is 19.4. The number of ether oxygens (including phenoxy) is 1. The van der Waals surface area contributed by atoms with Gasteiger partial charge in [0.1, 0.15) is 6.54 Å². The fourth-order valence-corrected chi connectivity index (χ4v) is 2.91. The standard InChI is InChI=1S/C17H16N4O5S/c18-27(24,25)13-7-5-12(6-8-13)20-16(22)10-26-17(23)9-21-11-19-14-3-1-2-4-15(14)21/h1-8,11H,9-10H2,(H,20,22)(H2,18,24,25). The van der Waals surface area contributed by atoms with Gasteiger partial charge in [-0.05, 0) is 36.4 Å². The maximum absolute atomic E-state index is 11.9. The molecule has 1 heterocycles. The van der Waals surface area contributed by atoms with Crippen molar-refractivity contribution >= 4 is 38.6 Å². The first kappa shape index (κ1) is 18.5. The van der Waals surface area contributed by atoms with Crippen LogP contribution >= 0.6 is 0 Å². The smallest absolute Gasteiger partial charge is 0.326 e. The Labute approximate surface area is 154 Å². The number of benzene rings is 2. The van der Waals surface area contributed by atoms with E-state index in [1.807, 2.05) is 24.3 Å². The van der Waals surface area contributed by atoms with E-state index in [0.29, 0.717) is 5.69 Å². The summed E-state index contributed by atoms with van der Waals surface area (Å²) in [5, 5.41) is 7.49. The third-order valence-corrected chi connectivity index (χ3v) is 4.59. The molecule has 0 spiro atoms. The molecule has 0 bridgehead atoms. The SMILES string of the molecule is NS(=O)(=O)c1ccc(NC(=O)COC(=O)Cn2cnc3ccccc32)cc1. The van der Waals surface area contributed by atoms with E-state index >= 15 is 0 Å². The maximum Gasteiger partial charge on any atom is 0.326 e. The lowest BCUT2D eigenvalue weighted by atomic mass is 10.3. The first-order valence-electron chi connectivity index (χ1n) is 7.81. The number of esters is 1. The van der Waals surface area contributed by atoms with E-state index in [0.717, 1.165) is 11.0 Å². The van der Waals surface area contributed by atoms with E-state index in [1.54, 1.807) is 4.57 Å². The highest BCUT2D eigenvalue weighted by Crippen LogP contribution is 2.13. The number of carbonyl (C=O) groups is 2. The third-order valence-electron chi connectivity index (χ3n) is 3.66. The van der Waals surface area contributed by atoms with Gasteiger partial charge in [-0.3, -0.25) is 9.59 Å². The molecule has 1 amide bonds. The number of para-hydroxylation sites is 2. The van der Waals surface area contributed by atoms with Gasteiger partial charge in [-0.2, -0.15) is 0 Å². The van der Waals surface area contributed by atoms with E-state index in [4.69, 9.17) is 9.88 Å². The molecule has 0 aliphatic heterocycles. The molecule has 0 radical (unpaired) electrons. The second-order valence-electron chi connectivity index (χ2n) is 5.64. The van der Waals surface area contributed by atoms with Gasteiger partial charge in [-0.15, -0.1) is 0 Å². The van der Waals surface area contributed by atoms with Crippen molar-refractivity contribution in [3.8, 4) is 0 Å². The van der Waals surface area contributed by atoms with Crippen LogP contribution in [0.2, 0.25) is 0 Å². The Kier molecular flexibility index (Phi) is 5.19. The average molecular weight is 388 g/mol. The number of primary sulfonamides is 1. The summed E-state index contributed by atoms with van der Waals surface area (Å²) in [6.07, 6.45) is 1.53. The first-order valence-corrected chi connectivity index (χ1v) is 9.36. The number of carbonyl (C=O) groups excluding carboxylic acids is 2. The molecule has 3 rings (SSSR count). The average Bonchev–Trinajstić information content (AvgIpc) is 3.03. The number of nitrogens with zero attached hydrogens (tertiary/aromatic N) is 2. The molecule has 0 fully saturated rings. The van der Waals surface area contributed by atoms with Crippen LogP contribution in [0, 0.1) is 0 Å². The Morgan fingerprint density at radius 3 is 2.52 bits per heavy atom. The molecule has 0 unspecified atom stereocenters. The number of sulfonamides is 1. The highest BCUT2D eigenvalue weighted by molar-refractivity contribution is 7.89. The van der Waals surface area contributed by atoms with Crippen molar-refractivity contribution in [2.24, 2.45) is 5.14 Å². The van der Waals surface area contributed by atoms with Crippen LogP contribution in [0.3, 0.4) is 0 Å². The van der Waals surface area contributed by atoms with Gasteiger partial charge in [0.05, 0.1) is 22.3 Å². The van der Waals surface area contributed by atoms with E-state index in [-0.39, 0.29) is 11.4 Å². The Morgan fingerprint density at radius 1 is 1.11 bits per heavy atom. The molecular formula is C17H16N4O5S. The molecule has 2 aromatic carbocycles. The predicted molar refractivity (Wildman–Crippen MR) is 97.1 cm³/mol. The number of fused-ring (bicyclic) bond motifs is 1. The number of rotatable bonds is 6. The number of nitrogens with two attached hydrogens (primary N) is 1. The highest BCUT2D eigenvalue weighted by Gasteiger charge is 2.12. The summed E-state index contributed by atoms with van der Waals surface area (Å²) in [6.45, 7) is -0.542. The number of hydrogen-bond acceptors (Lipinski definition) is 6. The van der Waals surface area contributed by atoms with Crippen LogP contribution in [-0.4, -0.2) is 36.5 Å². The second-order valence-corrected chi connectivity index (χ2v) is 7.20. The molecule has 140 valence electrons. The van der Waals surface area contributed by atoms with Gasteiger partial charge in [0.2, 0.25) is 10.0 Å². The summed E-state index contributed by atoms with van der Waals surface area (Å²) in [5.74, 6) is -1.14. The minimum Gasteiger partial charge on any atom is -0.454 e. The molecule has 0 saturated carbocycles. The molecule has 10 heteroatoms. The molecule has 0 atom stereocenters. The van der Waals surface area contributed by atoms with Crippen molar-refractivity contribution in [1.29, 1.82) is 0 Å². The molecule has 1 aromatic heterocycles. The molecular weight excluding hydrogens is 372 g/mol. The minimum atomic E-state index is -3.80. The number of anilines is 1. The van der Waals surface area contributed by atoms with Crippen molar-refractivity contribution in [1.82, 2.24) is 9.55 Å². The van der Waals surface area contributed by atoms with Crippen LogP contribution in [0.1, 0.15) is 0 Å². The van der Waals surface area contributed by atoms with E-state index in [9.17, 15) is 18.0 Å². The first-order chi connectivity index (χ1) is 12.8. The molecule has 0 aliphatic rings. The van der Waals surface area contributed by atoms with Crippen molar-refractivity contribution in [2.75, 3.05) is 11.9 Å². The second kappa shape index (κ2) is 7.56. The lowest BCUT2D eigenvalue weighted by Gasteiger charge is -2.08. The van der Waals surface area contributed by atoms with E-state index < -0.39 is 28.5 Å². The number of imidazole rings is 1. The van der Waals surface area contributed by atoms with Gasteiger partial charge in [-0.25, -0.2) is 18.5 Å². The van der Waals surface area contributed by atoms with Gasteiger partial charge in [0.25, 0.3) is 5.91 Å². The van der Waals surface area contributed by atoms with Gasteiger partial charge < -0.3 is 14.6 Å². The molecule has 3 N–H and O–H groups in total. The summed E-state index contributed by atoms with van der Waals surface area (Å²) in [7, 11) is -3.80. The van der Waals surface area contributed by atoms with Gasteiger partial charge in [-0.1, -0.05) is 12.1 Å².